The van der Waals surface area contributed by atoms with Crippen LogP contribution in [-0.2, 0) is 0 Å². The van der Waals surface area contributed by atoms with Crippen LogP contribution in [0.15, 0.2) is 0 Å². The van der Waals surface area contributed by atoms with Crippen molar-refractivity contribution in [3.8, 4) is 0 Å². The van der Waals surface area contributed by atoms with Crippen molar-refractivity contribution >= 4 is 35.9 Å². The standard InChI is InChI=1S/C10H18N2S2.ClH/c1-2-10(12-6-8-14-10)4-3-9(1)11-5-7-13-9;/h11-12H,1-8H2;1H. The van der Waals surface area contributed by atoms with E-state index >= 15 is 0 Å². The molecule has 3 aliphatic rings. The first-order valence-corrected chi connectivity index (χ1v) is 7.58. The molecule has 3 fully saturated rings. The maximum absolute atomic E-state index is 3.70. The first-order valence-electron chi connectivity index (χ1n) is 5.61. The molecular formula is C10H19ClN2S2. The summed E-state index contributed by atoms with van der Waals surface area (Å²) in [6.45, 7) is 2.44. The Hall–Kier alpha value is 0.910. The number of halogens is 1. The van der Waals surface area contributed by atoms with E-state index in [1.165, 1.54) is 50.3 Å². The second-order valence-electron chi connectivity index (χ2n) is 4.54. The van der Waals surface area contributed by atoms with Gasteiger partial charge in [-0.15, -0.1) is 35.9 Å². The zero-order valence-electron chi connectivity index (χ0n) is 8.88. The number of hydrogen-bond donors (Lipinski definition) is 2. The monoisotopic (exact) mass is 266 g/mol. The third-order valence-electron chi connectivity index (χ3n) is 3.72. The molecule has 2 nitrogen and oxygen atoms in total. The quantitative estimate of drug-likeness (QED) is 0.701. The van der Waals surface area contributed by atoms with Crippen molar-refractivity contribution in [1.82, 2.24) is 10.6 Å². The fourth-order valence-corrected chi connectivity index (χ4v) is 5.44. The normalized spacial score (nSPS) is 44.8. The molecule has 3 rings (SSSR count). The Bertz CT molecular complexity index is 189. The van der Waals surface area contributed by atoms with Crippen LogP contribution in [0.5, 0.6) is 0 Å². The van der Waals surface area contributed by atoms with Gasteiger partial charge in [0, 0.05) is 24.6 Å². The Balaban J connectivity index is 0.000000853. The Morgan fingerprint density at radius 3 is 1.40 bits per heavy atom. The SMILES string of the molecule is C1CSC2(CCC3(CC2)NCCS3)N1.Cl. The van der Waals surface area contributed by atoms with Gasteiger partial charge in [0.15, 0.2) is 0 Å². The molecule has 0 unspecified atom stereocenters. The van der Waals surface area contributed by atoms with E-state index in [1.807, 2.05) is 0 Å². The van der Waals surface area contributed by atoms with Crippen molar-refractivity contribution in [2.75, 3.05) is 24.6 Å². The molecule has 0 aromatic carbocycles. The summed E-state index contributed by atoms with van der Waals surface area (Å²) in [5, 5.41) is 7.41. The molecule has 1 saturated carbocycles. The Morgan fingerprint density at radius 2 is 1.13 bits per heavy atom. The molecular weight excluding hydrogens is 248 g/mol. The van der Waals surface area contributed by atoms with Gasteiger partial charge in [0.25, 0.3) is 0 Å². The van der Waals surface area contributed by atoms with Crippen LogP contribution < -0.4 is 10.6 Å². The maximum Gasteiger partial charge on any atom is 0.0647 e. The molecule has 0 radical (unpaired) electrons. The summed E-state index contributed by atoms with van der Waals surface area (Å²) in [7, 11) is 0. The third-order valence-corrected chi connectivity index (χ3v) is 6.75. The average molecular weight is 267 g/mol. The number of hydrogen-bond acceptors (Lipinski definition) is 4. The van der Waals surface area contributed by atoms with Crippen molar-refractivity contribution in [2.24, 2.45) is 0 Å². The highest BCUT2D eigenvalue weighted by Gasteiger charge is 2.45. The highest BCUT2D eigenvalue weighted by molar-refractivity contribution is 8.01. The maximum atomic E-state index is 3.70. The van der Waals surface area contributed by atoms with E-state index in [-0.39, 0.29) is 12.4 Å². The molecule has 0 bridgehead atoms. The molecule has 0 amide bonds. The highest BCUT2D eigenvalue weighted by Crippen LogP contribution is 2.48. The van der Waals surface area contributed by atoms with Crippen LogP contribution in [0.3, 0.4) is 0 Å². The van der Waals surface area contributed by atoms with E-state index in [0.29, 0.717) is 9.74 Å². The minimum absolute atomic E-state index is 0. The third kappa shape index (κ3) is 2.29. The van der Waals surface area contributed by atoms with Crippen LogP contribution >= 0.6 is 35.9 Å². The smallest absolute Gasteiger partial charge is 0.0647 e. The van der Waals surface area contributed by atoms with Gasteiger partial charge < -0.3 is 10.6 Å². The molecule has 2 saturated heterocycles. The van der Waals surface area contributed by atoms with E-state index in [0.717, 1.165) is 0 Å². The summed E-state index contributed by atoms with van der Waals surface area (Å²) in [4.78, 5) is 0.937. The predicted octanol–water partition coefficient (Wildman–Crippen LogP) is 2.05. The summed E-state index contributed by atoms with van der Waals surface area (Å²) in [6.07, 6.45) is 5.44. The molecule has 0 aromatic rings. The van der Waals surface area contributed by atoms with E-state index in [9.17, 15) is 0 Å². The van der Waals surface area contributed by atoms with Gasteiger partial charge in [0.2, 0.25) is 0 Å². The molecule has 0 atom stereocenters. The Morgan fingerprint density at radius 1 is 0.733 bits per heavy atom. The van der Waals surface area contributed by atoms with E-state index < -0.39 is 0 Å². The Kier molecular flexibility index (Phi) is 3.83. The van der Waals surface area contributed by atoms with Crippen molar-refractivity contribution in [3.63, 3.8) is 0 Å². The molecule has 0 aromatic heterocycles. The molecule has 2 aliphatic heterocycles. The summed E-state index contributed by atoms with van der Waals surface area (Å²) >= 11 is 4.32. The van der Waals surface area contributed by atoms with Gasteiger partial charge in [-0.1, -0.05) is 0 Å². The second-order valence-corrected chi connectivity index (χ2v) is 7.50. The lowest BCUT2D eigenvalue weighted by atomic mass is 9.90. The minimum Gasteiger partial charge on any atom is -0.302 e. The van der Waals surface area contributed by atoms with Gasteiger partial charge in [-0.3, -0.25) is 0 Å². The predicted molar refractivity (Wildman–Crippen MR) is 72.1 cm³/mol. The van der Waals surface area contributed by atoms with E-state index in [2.05, 4.69) is 34.2 Å². The molecule has 88 valence electrons. The van der Waals surface area contributed by atoms with Crippen molar-refractivity contribution in [1.29, 1.82) is 0 Å². The zero-order chi connectivity index (χ0) is 9.49. The lowest BCUT2D eigenvalue weighted by molar-refractivity contribution is 0.280. The van der Waals surface area contributed by atoms with Gasteiger partial charge in [0.05, 0.1) is 9.74 Å². The summed E-state index contributed by atoms with van der Waals surface area (Å²) in [5.74, 6) is 2.63. The number of thioether (sulfide) groups is 2. The molecule has 5 heteroatoms. The van der Waals surface area contributed by atoms with Crippen LogP contribution in [0.4, 0.5) is 0 Å². The van der Waals surface area contributed by atoms with Crippen LogP contribution in [0.1, 0.15) is 25.7 Å². The topological polar surface area (TPSA) is 24.1 Å². The lowest BCUT2D eigenvalue weighted by Gasteiger charge is -2.42. The van der Waals surface area contributed by atoms with E-state index in [1.54, 1.807) is 0 Å². The molecule has 15 heavy (non-hydrogen) atoms. The lowest BCUT2D eigenvalue weighted by Crippen LogP contribution is -2.49. The summed E-state index contributed by atoms with van der Waals surface area (Å²) < 4.78 is 0. The summed E-state index contributed by atoms with van der Waals surface area (Å²) in [5.41, 5.74) is 0. The van der Waals surface area contributed by atoms with Crippen molar-refractivity contribution in [2.45, 2.75) is 35.4 Å². The average Bonchev–Trinajstić information content (AvgIpc) is 2.81. The molecule has 2 heterocycles. The highest BCUT2D eigenvalue weighted by atomic mass is 35.5. The van der Waals surface area contributed by atoms with Crippen LogP contribution in [-0.4, -0.2) is 34.3 Å². The molecule has 1 aliphatic carbocycles. The fraction of sp³-hybridized carbons (Fsp3) is 1.00. The molecule has 2 spiro atoms. The molecule has 2 N–H and O–H groups in total. The van der Waals surface area contributed by atoms with Gasteiger partial charge >= 0.3 is 0 Å². The van der Waals surface area contributed by atoms with Gasteiger partial charge in [0.1, 0.15) is 0 Å². The minimum atomic E-state index is 0. The van der Waals surface area contributed by atoms with Gasteiger partial charge in [-0.2, -0.15) is 0 Å². The summed E-state index contributed by atoms with van der Waals surface area (Å²) in [6, 6.07) is 0. The van der Waals surface area contributed by atoms with Crippen molar-refractivity contribution < 1.29 is 0 Å². The van der Waals surface area contributed by atoms with Crippen LogP contribution in [0, 0.1) is 0 Å². The first kappa shape index (κ1) is 12.4. The van der Waals surface area contributed by atoms with Gasteiger partial charge in [-0.05, 0) is 25.7 Å². The first-order chi connectivity index (χ1) is 6.83. The fourth-order valence-electron chi connectivity index (χ4n) is 2.85. The van der Waals surface area contributed by atoms with Crippen molar-refractivity contribution in [3.05, 3.63) is 0 Å². The number of rotatable bonds is 0. The van der Waals surface area contributed by atoms with E-state index in [4.69, 9.17) is 0 Å². The second kappa shape index (κ2) is 4.65. The Labute approximate surface area is 107 Å². The zero-order valence-corrected chi connectivity index (χ0v) is 11.3. The van der Waals surface area contributed by atoms with Crippen LogP contribution in [0.25, 0.3) is 0 Å². The van der Waals surface area contributed by atoms with Crippen LogP contribution in [0.2, 0.25) is 0 Å². The van der Waals surface area contributed by atoms with Gasteiger partial charge in [-0.25, -0.2) is 0 Å². The largest absolute Gasteiger partial charge is 0.302 e. The number of nitrogens with one attached hydrogen (secondary N) is 2.